The Kier molecular flexibility index (Phi) is 7.22. The molecule has 2 heterocycles. The van der Waals surface area contributed by atoms with Crippen molar-refractivity contribution in [3.8, 4) is 0 Å². The number of halogens is 2. The van der Waals surface area contributed by atoms with E-state index in [1.54, 1.807) is 0 Å². The second-order valence-electron chi connectivity index (χ2n) is 5.97. The van der Waals surface area contributed by atoms with Gasteiger partial charge in [-0.1, -0.05) is 41.9 Å². The van der Waals surface area contributed by atoms with E-state index in [9.17, 15) is 8.42 Å². The fourth-order valence-electron chi connectivity index (χ4n) is 2.86. The molecule has 136 valence electrons. The van der Waals surface area contributed by atoms with Crippen LogP contribution in [0.15, 0.2) is 53.6 Å². The summed E-state index contributed by atoms with van der Waals surface area (Å²) >= 11 is 5.70. The largest absolute Gasteiger partial charge is 0.299 e. The zero-order valence-electron chi connectivity index (χ0n) is 13.6. The number of nitrogens with one attached hydrogen (secondary N) is 1. The van der Waals surface area contributed by atoms with Crippen LogP contribution in [0.2, 0.25) is 5.15 Å². The van der Waals surface area contributed by atoms with E-state index in [-0.39, 0.29) is 28.5 Å². The van der Waals surface area contributed by atoms with Crippen LogP contribution in [0.1, 0.15) is 18.4 Å². The third kappa shape index (κ3) is 5.66. The predicted molar refractivity (Wildman–Crippen MR) is 102 cm³/mol. The lowest BCUT2D eigenvalue weighted by molar-refractivity contribution is 0.200. The maximum absolute atomic E-state index is 12.4. The van der Waals surface area contributed by atoms with Crippen LogP contribution >= 0.6 is 24.0 Å². The Labute approximate surface area is 159 Å². The van der Waals surface area contributed by atoms with Crippen molar-refractivity contribution in [3.05, 3.63) is 59.4 Å². The highest BCUT2D eigenvalue weighted by Crippen LogP contribution is 2.17. The van der Waals surface area contributed by atoms with E-state index in [0.717, 1.165) is 32.5 Å². The van der Waals surface area contributed by atoms with Crippen LogP contribution in [-0.4, -0.2) is 37.4 Å². The Hall–Kier alpha value is -1.18. The highest BCUT2D eigenvalue weighted by molar-refractivity contribution is 7.89. The van der Waals surface area contributed by atoms with Crippen molar-refractivity contribution in [2.24, 2.45) is 0 Å². The average Bonchev–Trinajstić information content (AvgIpc) is 2.58. The van der Waals surface area contributed by atoms with E-state index >= 15 is 0 Å². The zero-order chi connectivity index (χ0) is 17.0. The summed E-state index contributed by atoms with van der Waals surface area (Å²) in [5.74, 6) is 0. The van der Waals surface area contributed by atoms with Gasteiger partial charge < -0.3 is 0 Å². The molecule has 0 spiro atoms. The third-order valence-corrected chi connectivity index (χ3v) is 5.90. The van der Waals surface area contributed by atoms with Gasteiger partial charge in [-0.05, 0) is 30.5 Å². The van der Waals surface area contributed by atoms with Gasteiger partial charge in [0, 0.05) is 31.9 Å². The van der Waals surface area contributed by atoms with Crippen molar-refractivity contribution in [3.63, 3.8) is 0 Å². The van der Waals surface area contributed by atoms with Gasteiger partial charge in [0.2, 0.25) is 10.0 Å². The number of pyridine rings is 1. The van der Waals surface area contributed by atoms with Gasteiger partial charge in [0.25, 0.3) is 0 Å². The quantitative estimate of drug-likeness (QED) is 0.781. The fraction of sp³-hybridized carbons (Fsp3) is 0.353. The Morgan fingerprint density at radius 1 is 1.12 bits per heavy atom. The molecule has 0 atom stereocenters. The van der Waals surface area contributed by atoms with Crippen molar-refractivity contribution in [1.29, 1.82) is 0 Å². The van der Waals surface area contributed by atoms with E-state index < -0.39 is 10.0 Å². The first-order chi connectivity index (χ1) is 11.5. The van der Waals surface area contributed by atoms with Crippen molar-refractivity contribution in [2.75, 3.05) is 13.1 Å². The van der Waals surface area contributed by atoms with E-state index in [1.165, 1.54) is 23.9 Å². The molecule has 5 nitrogen and oxygen atoms in total. The number of piperidine rings is 1. The van der Waals surface area contributed by atoms with Crippen LogP contribution in [0.4, 0.5) is 0 Å². The number of likely N-dealkylation sites (tertiary alicyclic amines) is 1. The first kappa shape index (κ1) is 20.1. The first-order valence-corrected chi connectivity index (χ1v) is 9.79. The summed E-state index contributed by atoms with van der Waals surface area (Å²) in [6.07, 6.45) is 2.88. The molecule has 2 aromatic rings. The van der Waals surface area contributed by atoms with Gasteiger partial charge in [-0.25, -0.2) is 18.1 Å². The van der Waals surface area contributed by atoms with E-state index in [1.807, 2.05) is 18.2 Å². The summed E-state index contributed by atoms with van der Waals surface area (Å²) in [5, 5.41) is 0.281. The number of sulfonamides is 1. The molecule has 3 rings (SSSR count). The molecule has 0 amide bonds. The molecule has 0 unspecified atom stereocenters. The highest BCUT2D eigenvalue weighted by atomic mass is 35.5. The van der Waals surface area contributed by atoms with Gasteiger partial charge in [0.1, 0.15) is 10.0 Å². The summed E-state index contributed by atoms with van der Waals surface area (Å²) in [6, 6.07) is 13.2. The molecule has 0 bridgehead atoms. The second-order valence-corrected chi connectivity index (χ2v) is 8.08. The number of benzene rings is 1. The summed E-state index contributed by atoms with van der Waals surface area (Å²) in [5.41, 5.74) is 1.28. The van der Waals surface area contributed by atoms with Crippen molar-refractivity contribution in [2.45, 2.75) is 30.3 Å². The minimum Gasteiger partial charge on any atom is -0.299 e. The second kappa shape index (κ2) is 8.96. The van der Waals surface area contributed by atoms with Gasteiger partial charge in [-0.2, -0.15) is 0 Å². The maximum Gasteiger partial charge on any atom is 0.242 e. The smallest absolute Gasteiger partial charge is 0.242 e. The minimum absolute atomic E-state index is 0. The zero-order valence-corrected chi connectivity index (χ0v) is 16.0. The Morgan fingerprint density at radius 2 is 1.80 bits per heavy atom. The summed E-state index contributed by atoms with van der Waals surface area (Å²) in [6.45, 7) is 2.66. The van der Waals surface area contributed by atoms with Gasteiger partial charge in [0.05, 0.1) is 0 Å². The lowest BCUT2D eigenvalue weighted by Gasteiger charge is -2.32. The average molecular weight is 402 g/mol. The first-order valence-electron chi connectivity index (χ1n) is 7.93. The molecule has 0 saturated carbocycles. The topological polar surface area (TPSA) is 62.3 Å². The molecule has 0 aliphatic carbocycles. The summed E-state index contributed by atoms with van der Waals surface area (Å²) in [7, 11) is -3.54. The lowest BCUT2D eigenvalue weighted by Crippen LogP contribution is -2.44. The number of hydrogen-bond acceptors (Lipinski definition) is 4. The Bertz CT molecular complexity index is 762. The molecule has 1 saturated heterocycles. The van der Waals surface area contributed by atoms with Gasteiger partial charge in [-0.15, -0.1) is 12.4 Å². The lowest BCUT2D eigenvalue weighted by atomic mass is 10.1. The molecule has 1 aliphatic rings. The van der Waals surface area contributed by atoms with Gasteiger partial charge in [-0.3, -0.25) is 4.90 Å². The number of hydrogen-bond donors (Lipinski definition) is 1. The molecule has 8 heteroatoms. The van der Waals surface area contributed by atoms with Crippen LogP contribution in [-0.2, 0) is 16.6 Å². The molecule has 1 aromatic carbocycles. The Balaban J connectivity index is 0.00000225. The monoisotopic (exact) mass is 401 g/mol. The fourth-order valence-corrected chi connectivity index (χ4v) is 4.22. The van der Waals surface area contributed by atoms with Crippen LogP contribution in [0.5, 0.6) is 0 Å². The van der Waals surface area contributed by atoms with Crippen molar-refractivity contribution < 1.29 is 8.42 Å². The molecule has 1 aromatic heterocycles. The summed E-state index contributed by atoms with van der Waals surface area (Å²) < 4.78 is 27.5. The molecular formula is C17H21Cl2N3O2S. The van der Waals surface area contributed by atoms with E-state index in [2.05, 4.69) is 26.7 Å². The molecule has 1 aliphatic heterocycles. The third-order valence-electron chi connectivity index (χ3n) is 4.17. The van der Waals surface area contributed by atoms with Crippen molar-refractivity contribution >= 4 is 34.0 Å². The van der Waals surface area contributed by atoms with Crippen LogP contribution < -0.4 is 4.72 Å². The minimum atomic E-state index is -3.54. The standard InChI is InChI=1S/C17H20ClN3O2S.ClH/c18-17-7-6-16(12-19-17)24(22,23)20-15-8-10-21(11-9-15)13-14-4-2-1-3-5-14;/h1-7,12,15,20H,8-11,13H2;1H. The van der Waals surface area contributed by atoms with Gasteiger partial charge >= 0.3 is 0 Å². The van der Waals surface area contributed by atoms with Crippen LogP contribution in [0.25, 0.3) is 0 Å². The SMILES string of the molecule is Cl.O=S(=O)(NC1CCN(Cc2ccccc2)CC1)c1ccc(Cl)nc1. The van der Waals surface area contributed by atoms with Crippen LogP contribution in [0.3, 0.4) is 0 Å². The highest BCUT2D eigenvalue weighted by Gasteiger charge is 2.24. The Morgan fingerprint density at radius 3 is 2.40 bits per heavy atom. The molecule has 1 N–H and O–H groups in total. The van der Waals surface area contributed by atoms with E-state index in [4.69, 9.17) is 11.6 Å². The molecule has 0 radical (unpaired) electrons. The van der Waals surface area contributed by atoms with E-state index in [0.29, 0.717) is 0 Å². The van der Waals surface area contributed by atoms with Gasteiger partial charge in [0.15, 0.2) is 0 Å². The van der Waals surface area contributed by atoms with Crippen LogP contribution in [0, 0.1) is 0 Å². The maximum atomic E-state index is 12.4. The summed E-state index contributed by atoms with van der Waals surface area (Å²) in [4.78, 5) is 6.34. The molecule has 1 fully saturated rings. The van der Waals surface area contributed by atoms with Crippen molar-refractivity contribution in [1.82, 2.24) is 14.6 Å². The normalized spacial score (nSPS) is 16.4. The predicted octanol–water partition coefficient (Wildman–Crippen LogP) is 3.10. The number of rotatable bonds is 5. The number of nitrogens with zero attached hydrogens (tertiary/aromatic N) is 2. The molecule has 25 heavy (non-hydrogen) atoms. The molecular weight excluding hydrogens is 381 g/mol. The number of aromatic nitrogens is 1.